The van der Waals surface area contributed by atoms with Crippen LogP contribution in [0.5, 0.6) is 0 Å². The first-order chi connectivity index (χ1) is 16.5. The Hall–Kier alpha value is -4.06. The molecule has 1 aliphatic heterocycles. The smallest absolute Gasteiger partial charge is 0.405 e. The molecule has 2 aliphatic rings. The first-order valence-electron chi connectivity index (χ1n) is 11.0. The molecule has 0 radical (unpaired) electrons. The standard InChI is InChI=1S/C13H10N8.C5H9NO2.C4H8O/c1-2-17-20-11(1)19-13-18-10(9-6-14-8-15-7-9)5-12-16-3-4-21(12)13;1-5(2-3-5)6-4(7)8;1-2-4-5-3-1/h1-8H,(H2,17,18,19,20);6H,2-3H2,1H3,(H,7,8);1-4H2. The lowest BCUT2D eigenvalue weighted by atomic mass is 10.2. The van der Waals surface area contributed by atoms with Crippen molar-refractivity contribution in [1.29, 1.82) is 0 Å². The molecular formula is C22H27N9O3. The van der Waals surface area contributed by atoms with Crippen molar-refractivity contribution < 1.29 is 14.6 Å². The zero-order valence-electron chi connectivity index (χ0n) is 18.8. The minimum absolute atomic E-state index is 0.0775. The SMILES string of the molecule is C1CCOC1.CC1(NC(=O)O)CC1.c1ncc(-c2cc3nccn3c(Nc3ccn[nH]3)n2)cn1. The van der Waals surface area contributed by atoms with E-state index in [-0.39, 0.29) is 5.54 Å². The molecule has 6 rings (SSSR count). The minimum atomic E-state index is -0.912. The fourth-order valence-electron chi connectivity index (χ4n) is 3.12. The molecule has 0 spiro atoms. The molecule has 12 nitrogen and oxygen atoms in total. The molecule has 4 N–H and O–H groups in total. The van der Waals surface area contributed by atoms with Crippen molar-refractivity contribution in [3.63, 3.8) is 0 Å². The third-order valence-corrected chi connectivity index (χ3v) is 5.23. The largest absolute Gasteiger partial charge is 0.465 e. The van der Waals surface area contributed by atoms with Crippen molar-refractivity contribution in [2.75, 3.05) is 18.5 Å². The van der Waals surface area contributed by atoms with Crippen molar-refractivity contribution in [2.24, 2.45) is 0 Å². The van der Waals surface area contributed by atoms with Crippen molar-refractivity contribution in [1.82, 2.24) is 39.9 Å². The molecule has 1 saturated heterocycles. The van der Waals surface area contributed by atoms with Gasteiger partial charge in [-0.3, -0.25) is 9.50 Å². The van der Waals surface area contributed by atoms with Gasteiger partial charge in [-0.05, 0) is 32.6 Å². The van der Waals surface area contributed by atoms with E-state index < -0.39 is 6.09 Å². The Balaban J connectivity index is 0.000000172. The number of rotatable bonds is 4. The summed E-state index contributed by atoms with van der Waals surface area (Å²) in [5.41, 5.74) is 2.28. The highest BCUT2D eigenvalue weighted by Gasteiger charge is 2.38. The molecule has 34 heavy (non-hydrogen) atoms. The number of fused-ring (bicyclic) bond motifs is 1. The topological polar surface area (TPSA) is 155 Å². The van der Waals surface area contributed by atoms with Crippen LogP contribution in [0.15, 0.2) is 49.4 Å². The Morgan fingerprint density at radius 3 is 2.53 bits per heavy atom. The van der Waals surface area contributed by atoms with Gasteiger partial charge in [-0.25, -0.2) is 24.7 Å². The summed E-state index contributed by atoms with van der Waals surface area (Å²) < 4.78 is 6.80. The molecule has 0 aromatic carbocycles. The normalized spacial score (nSPS) is 15.4. The lowest BCUT2D eigenvalue weighted by Crippen LogP contribution is -2.32. The van der Waals surface area contributed by atoms with Crippen molar-refractivity contribution in [2.45, 2.75) is 38.1 Å². The first kappa shape index (κ1) is 23.1. The van der Waals surface area contributed by atoms with E-state index in [1.807, 2.05) is 29.7 Å². The van der Waals surface area contributed by atoms with Crippen molar-refractivity contribution in [3.8, 4) is 11.3 Å². The van der Waals surface area contributed by atoms with Gasteiger partial charge < -0.3 is 20.5 Å². The number of nitrogens with one attached hydrogen (secondary N) is 3. The predicted octanol–water partition coefficient (Wildman–Crippen LogP) is 3.26. The number of aromatic amines is 1. The number of aromatic nitrogens is 7. The molecule has 178 valence electrons. The van der Waals surface area contributed by atoms with Gasteiger partial charge in [-0.2, -0.15) is 5.10 Å². The highest BCUT2D eigenvalue weighted by atomic mass is 16.5. The van der Waals surface area contributed by atoms with Gasteiger partial charge in [0.2, 0.25) is 5.95 Å². The van der Waals surface area contributed by atoms with Gasteiger partial charge in [0.05, 0.1) is 11.9 Å². The monoisotopic (exact) mass is 465 g/mol. The third-order valence-electron chi connectivity index (χ3n) is 5.23. The lowest BCUT2D eigenvalue weighted by Gasteiger charge is -2.08. The molecule has 1 amide bonds. The first-order valence-corrected chi connectivity index (χ1v) is 11.0. The number of H-pyrrole nitrogens is 1. The van der Waals surface area contributed by atoms with Gasteiger partial charge in [0.25, 0.3) is 0 Å². The lowest BCUT2D eigenvalue weighted by molar-refractivity contribution is 0.189. The second-order valence-electron chi connectivity index (χ2n) is 8.15. The number of ether oxygens (including phenoxy) is 1. The molecule has 0 bridgehead atoms. The van der Waals surface area contributed by atoms with Gasteiger partial charge in [-0.15, -0.1) is 0 Å². The molecule has 1 aliphatic carbocycles. The highest BCUT2D eigenvalue weighted by Crippen LogP contribution is 2.33. The maximum absolute atomic E-state index is 9.94. The number of hydrogen-bond acceptors (Lipinski definition) is 8. The number of carbonyl (C=O) groups is 1. The van der Waals surface area contributed by atoms with Crippen LogP contribution in [0.4, 0.5) is 16.6 Å². The molecule has 4 aromatic rings. The number of carboxylic acid groups (broad SMARTS) is 1. The summed E-state index contributed by atoms with van der Waals surface area (Å²) in [5, 5.41) is 20.5. The second-order valence-corrected chi connectivity index (χ2v) is 8.15. The Labute approximate surface area is 195 Å². The molecule has 12 heteroatoms. The van der Waals surface area contributed by atoms with E-state index in [0.29, 0.717) is 5.95 Å². The third kappa shape index (κ3) is 6.48. The molecule has 5 heterocycles. The van der Waals surface area contributed by atoms with Crippen LogP contribution in [0.3, 0.4) is 0 Å². The summed E-state index contributed by atoms with van der Waals surface area (Å²) in [6, 6.07) is 3.71. The van der Waals surface area contributed by atoms with Crippen LogP contribution in [0, 0.1) is 0 Å². The zero-order valence-corrected chi connectivity index (χ0v) is 18.8. The summed E-state index contributed by atoms with van der Waals surface area (Å²) in [7, 11) is 0. The van der Waals surface area contributed by atoms with E-state index in [1.165, 1.54) is 19.2 Å². The zero-order chi connectivity index (χ0) is 23.8. The molecule has 0 unspecified atom stereocenters. The van der Waals surface area contributed by atoms with Gasteiger partial charge >= 0.3 is 6.09 Å². The van der Waals surface area contributed by atoms with Crippen LogP contribution in [-0.4, -0.2) is 64.5 Å². The average molecular weight is 466 g/mol. The maximum Gasteiger partial charge on any atom is 0.405 e. The van der Waals surface area contributed by atoms with Gasteiger partial charge in [-0.1, -0.05) is 0 Å². The number of nitrogens with zero attached hydrogens (tertiary/aromatic N) is 6. The van der Waals surface area contributed by atoms with E-state index in [2.05, 4.69) is 40.8 Å². The summed E-state index contributed by atoms with van der Waals surface area (Å²) >= 11 is 0. The molecule has 4 aromatic heterocycles. The summed E-state index contributed by atoms with van der Waals surface area (Å²) in [6.07, 6.45) is 13.8. The van der Waals surface area contributed by atoms with E-state index in [9.17, 15) is 4.79 Å². The highest BCUT2D eigenvalue weighted by molar-refractivity contribution is 5.66. The van der Waals surface area contributed by atoms with E-state index in [1.54, 1.807) is 24.8 Å². The summed E-state index contributed by atoms with van der Waals surface area (Å²) in [4.78, 5) is 26.9. The average Bonchev–Trinajstić information content (AvgIpc) is 3.40. The Morgan fingerprint density at radius 1 is 1.21 bits per heavy atom. The second kappa shape index (κ2) is 10.7. The molecular weight excluding hydrogens is 438 g/mol. The fraction of sp³-hybridized carbons (Fsp3) is 0.364. The van der Waals surface area contributed by atoms with Crippen LogP contribution in [0.2, 0.25) is 0 Å². The van der Waals surface area contributed by atoms with Crippen molar-refractivity contribution >= 4 is 23.5 Å². The fourth-order valence-corrected chi connectivity index (χ4v) is 3.12. The van der Waals surface area contributed by atoms with Crippen LogP contribution < -0.4 is 10.6 Å². The van der Waals surface area contributed by atoms with Gasteiger partial charge in [0.1, 0.15) is 17.8 Å². The molecule has 1 saturated carbocycles. The van der Waals surface area contributed by atoms with E-state index in [0.717, 1.165) is 48.8 Å². The van der Waals surface area contributed by atoms with Crippen LogP contribution in [0.1, 0.15) is 32.6 Å². The molecule has 2 fully saturated rings. The summed E-state index contributed by atoms with van der Waals surface area (Å²) in [5.74, 6) is 1.38. The maximum atomic E-state index is 9.94. The van der Waals surface area contributed by atoms with Crippen LogP contribution in [0.25, 0.3) is 16.9 Å². The number of imidazole rings is 1. The van der Waals surface area contributed by atoms with Gasteiger partial charge in [0.15, 0.2) is 0 Å². The number of anilines is 2. The Morgan fingerprint density at radius 2 is 1.97 bits per heavy atom. The quantitative estimate of drug-likeness (QED) is 0.355. The Bertz CT molecular complexity index is 1180. The Kier molecular flexibility index (Phi) is 7.28. The minimum Gasteiger partial charge on any atom is -0.465 e. The van der Waals surface area contributed by atoms with Crippen LogP contribution in [-0.2, 0) is 4.74 Å². The number of amides is 1. The predicted molar refractivity (Wildman–Crippen MR) is 125 cm³/mol. The van der Waals surface area contributed by atoms with Crippen LogP contribution >= 0.6 is 0 Å². The van der Waals surface area contributed by atoms with E-state index in [4.69, 9.17) is 9.84 Å². The number of hydrogen-bond donors (Lipinski definition) is 4. The van der Waals surface area contributed by atoms with E-state index >= 15 is 0 Å². The molecule has 0 atom stereocenters. The summed E-state index contributed by atoms with van der Waals surface area (Å²) in [6.45, 7) is 3.90. The van der Waals surface area contributed by atoms with Gasteiger partial charge in [0, 0.05) is 61.2 Å². The van der Waals surface area contributed by atoms with Crippen molar-refractivity contribution in [3.05, 3.63) is 49.4 Å².